The molecule has 3 aromatic rings. The van der Waals surface area contributed by atoms with Crippen LogP contribution in [0.25, 0.3) is 10.7 Å². The Labute approximate surface area is 176 Å². The monoisotopic (exact) mass is 425 g/mol. The molecule has 0 aliphatic carbocycles. The zero-order valence-electron chi connectivity index (χ0n) is 16.3. The van der Waals surface area contributed by atoms with Gasteiger partial charge in [-0.25, -0.2) is 15.0 Å². The van der Waals surface area contributed by atoms with Crippen molar-refractivity contribution in [3.8, 4) is 10.7 Å². The SMILES string of the molecule is CSc1ncc(C)c(-c2nc3c(s2)C2(COC2)N(Cc2cccc(C)n2)C3=O)n1. The molecule has 29 heavy (non-hydrogen) atoms. The number of rotatable bonds is 4. The molecule has 5 heterocycles. The Kier molecular flexibility index (Phi) is 4.41. The van der Waals surface area contributed by atoms with E-state index in [-0.39, 0.29) is 5.91 Å². The number of nitrogens with zero attached hydrogens (tertiary/aromatic N) is 5. The predicted octanol–water partition coefficient (Wildman–Crippen LogP) is 3.22. The van der Waals surface area contributed by atoms with Crippen molar-refractivity contribution in [2.45, 2.75) is 31.1 Å². The van der Waals surface area contributed by atoms with Crippen molar-refractivity contribution in [1.29, 1.82) is 0 Å². The van der Waals surface area contributed by atoms with Gasteiger partial charge in [-0.05, 0) is 37.8 Å². The zero-order chi connectivity index (χ0) is 20.2. The number of hydrogen-bond acceptors (Lipinski definition) is 8. The number of hydrogen-bond donors (Lipinski definition) is 0. The fraction of sp³-hybridized carbons (Fsp3) is 0.350. The molecule has 7 nitrogen and oxygen atoms in total. The Morgan fingerprint density at radius 3 is 2.72 bits per heavy atom. The second-order valence-electron chi connectivity index (χ2n) is 7.27. The van der Waals surface area contributed by atoms with Gasteiger partial charge in [-0.15, -0.1) is 11.3 Å². The van der Waals surface area contributed by atoms with Gasteiger partial charge in [0.25, 0.3) is 5.91 Å². The van der Waals surface area contributed by atoms with Crippen molar-refractivity contribution in [2.75, 3.05) is 19.5 Å². The average Bonchev–Trinajstić information content (AvgIpc) is 3.20. The van der Waals surface area contributed by atoms with Crippen LogP contribution in [0, 0.1) is 13.8 Å². The number of ether oxygens (including phenoxy) is 1. The molecule has 5 rings (SSSR count). The van der Waals surface area contributed by atoms with Crippen molar-refractivity contribution in [3.63, 3.8) is 0 Å². The van der Waals surface area contributed by atoms with E-state index in [9.17, 15) is 4.79 Å². The van der Waals surface area contributed by atoms with Gasteiger partial charge in [-0.2, -0.15) is 0 Å². The summed E-state index contributed by atoms with van der Waals surface area (Å²) in [5.74, 6) is -0.0640. The number of pyridine rings is 1. The van der Waals surface area contributed by atoms with E-state index >= 15 is 0 Å². The van der Waals surface area contributed by atoms with Gasteiger partial charge in [-0.1, -0.05) is 17.8 Å². The molecule has 0 aromatic carbocycles. The van der Waals surface area contributed by atoms with Crippen LogP contribution in [-0.2, 0) is 16.8 Å². The lowest BCUT2D eigenvalue weighted by Gasteiger charge is -2.44. The molecule has 1 fully saturated rings. The minimum Gasteiger partial charge on any atom is -0.376 e. The van der Waals surface area contributed by atoms with E-state index in [0.29, 0.717) is 30.6 Å². The van der Waals surface area contributed by atoms with E-state index < -0.39 is 5.54 Å². The second-order valence-corrected chi connectivity index (χ2v) is 9.04. The van der Waals surface area contributed by atoms with Gasteiger partial charge in [-0.3, -0.25) is 9.78 Å². The highest BCUT2D eigenvalue weighted by Crippen LogP contribution is 2.49. The van der Waals surface area contributed by atoms with Crippen molar-refractivity contribution in [3.05, 3.63) is 51.9 Å². The van der Waals surface area contributed by atoms with Crippen LogP contribution >= 0.6 is 23.1 Å². The molecule has 2 aliphatic heterocycles. The molecule has 0 bridgehead atoms. The maximum absolute atomic E-state index is 13.3. The largest absolute Gasteiger partial charge is 0.376 e. The Morgan fingerprint density at radius 1 is 1.21 bits per heavy atom. The molecule has 2 aliphatic rings. The lowest BCUT2D eigenvalue weighted by Crippen LogP contribution is -2.56. The van der Waals surface area contributed by atoms with E-state index in [0.717, 1.165) is 32.5 Å². The Hall–Kier alpha value is -2.36. The van der Waals surface area contributed by atoms with E-state index in [1.807, 2.05) is 43.2 Å². The number of fused-ring (bicyclic) bond motifs is 2. The van der Waals surface area contributed by atoms with Crippen LogP contribution in [0.15, 0.2) is 29.6 Å². The zero-order valence-corrected chi connectivity index (χ0v) is 17.9. The van der Waals surface area contributed by atoms with Gasteiger partial charge in [0, 0.05) is 11.9 Å². The maximum atomic E-state index is 13.3. The summed E-state index contributed by atoms with van der Waals surface area (Å²) in [5.41, 5.74) is 3.62. The molecule has 0 radical (unpaired) electrons. The molecule has 0 saturated carbocycles. The number of carbonyl (C=O) groups is 1. The normalized spacial score (nSPS) is 16.9. The summed E-state index contributed by atoms with van der Waals surface area (Å²) >= 11 is 3.03. The first kappa shape index (κ1) is 18.7. The van der Waals surface area contributed by atoms with Crippen LogP contribution < -0.4 is 0 Å². The van der Waals surface area contributed by atoms with Crippen molar-refractivity contribution in [1.82, 2.24) is 24.8 Å². The average molecular weight is 426 g/mol. The summed E-state index contributed by atoms with van der Waals surface area (Å²) in [7, 11) is 0. The van der Waals surface area contributed by atoms with Crippen LogP contribution in [0.1, 0.15) is 32.3 Å². The summed E-state index contributed by atoms with van der Waals surface area (Å²) in [5, 5.41) is 1.46. The smallest absolute Gasteiger partial charge is 0.275 e. The molecule has 0 atom stereocenters. The quantitative estimate of drug-likeness (QED) is 0.469. The van der Waals surface area contributed by atoms with Crippen molar-refractivity contribution >= 4 is 29.0 Å². The lowest BCUT2D eigenvalue weighted by atomic mass is 9.95. The maximum Gasteiger partial charge on any atom is 0.275 e. The van der Waals surface area contributed by atoms with Gasteiger partial charge < -0.3 is 9.64 Å². The summed E-state index contributed by atoms with van der Waals surface area (Å²) in [4.78, 5) is 34.4. The molecule has 1 spiro atoms. The second kappa shape index (κ2) is 6.86. The number of carbonyl (C=O) groups excluding carboxylic acids is 1. The first-order valence-corrected chi connectivity index (χ1v) is 11.3. The van der Waals surface area contributed by atoms with E-state index in [4.69, 9.17) is 9.72 Å². The van der Waals surface area contributed by atoms with E-state index in [2.05, 4.69) is 15.0 Å². The Balaban J connectivity index is 1.54. The first-order valence-electron chi connectivity index (χ1n) is 9.23. The van der Waals surface area contributed by atoms with Gasteiger partial charge in [0.05, 0.1) is 30.3 Å². The third-order valence-electron chi connectivity index (χ3n) is 5.30. The molecule has 0 unspecified atom stereocenters. The van der Waals surface area contributed by atoms with Crippen molar-refractivity contribution < 1.29 is 9.53 Å². The number of thiazole rings is 1. The van der Waals surface area contributed by atoms with Crippen LogP contribution in [-0.4, -0.2) is 50.2 Å². The van der Waals surface area contributed by atoms with Gasteiger partial charge in [0.2, 0.25) is 0 Å². The Bertz CT molecular complexity index is 1130. The molecule has 3 aromatic heterocycles. The van der Waals surface area contributed by atoms with Crippen LogP contribution in [0.5, 0.6) is 0 Å². The molecule has 1 amide bonds. The van der Waals surface area contributed by atoms with Gasteiger partial charge in [0.1, 0.15) is 21.9 Å². The van der Waals surface area contributed by atoms with E-state index in [1.54, 1.807) is 6.20 Å². The fourth-order valence-electron chi connectivity index (χ4n) is 3.72. The van der Waals surface area contributed by atoms with Gasteiger partial charge in [0.15, 0.2) is 5.16 Å². The lowest BCUT2D eigenvalue weighted by molar-refractivity contribution is -0.126. The summed E-state index contributed by atoms with van der Waals surface area (Å²) in [6.45, 7) is 5.34. The molecule has 148 valence electrons. The molecule has 0 N–H and O–H groups in total. The molecular weight excluding hydrogens is 406 g/mol. The number of aryl methyl sites for hydroxylation is 2. The van der Waals surface area contributed by atoms with Crippen LogP contribution in [0.4, 0.5) is 0 Å². The highest BCUT2D eigenvalue weighted by atomic mass is 32.2. The van der Waals surface area contributed by atoms with E-state index in [1.165, 1.54) is 23.1 Å². The minimum absolute atomic E-state index is 0.0640. The fourth-order valence-corrected chi connectivity index (χ4v) is 5.34. The minimum atomic E-state index is -0.447. The number of thioether (sulfide) groups is 1. The summed E-state index contributed by atoms with van der Waals surface area (Å²) in [6, 6.07) is 5.87. The number of amides is 1. The highest BCUT2D eigenvalue weighted by Gasteiger charge is 2.57. The topological polar surface area (TPSA) is 81.1 Å². The molecule has 1 saturated heterocycles. The molecular formula is C20H19N5O2S2. The predicted molar refractivity (Wildman–Crippen MR) is 111 cm³/mol. The van der Waals surface area contributed by atoms with Crippen LogP contribution in [0.3, 0.4) is 0 Å². The Morgan fingerprint density at radius 2 is 2.03 bits per heavy atom. The number of aromatic nitrogens is 4. The summed E-state index contributed by atoms with van der Waals surface area (Å²) in [6.07, 6.45) is 3.75. The summed E-state index contributed by atoms with van der Waals surface area (Å²) < 4.78 is 5.57. The third-order valence-corrected chi connectivity index (χ3v) is 7.11. The van der Waals surface area contributed by atoms with Crippen LogP contribution in [0.2, 0.25) is 0 Å². The van der Waals surface area contributed by atoms with Crippen molar-refractivity contribution in [2.24, 2.45) is 0 Å². The molecule has 9 heteroatoms. The highest BCUT2D eigenvalue weighted by molar-refractivity contribution is 7.98. The first-order chi connectivity index (χ1) is 14.0. The third kappa shape index (κ3) is 2.87. The van der Waals surface area contributed by atoms with Gasteiger partial charge >= 0.3 is 0 Å². The standard InChI is InChI=1S/C20H19N5O2S2/c1-11-7-21-19(28-3)24-14(11)17-23-15-16(29-17)20(9-27-10-20)25(18(15)26)8-13-6-4-5-12(2)22-13/h4-7H,8-10H2,1-3H3.